The number of alkyl carbamates (subject to hydrolysis) is 1. The van der Waals surface area contributed by atoms with E-state index in [0.717, 1.165) is 29.5 Å². The second kappa shape index (κ2) is 39.7. The Morgan fingerprint density at radius 3 is 2.13 bits per heavy atom. The first-order valence-corrected chi connectivity index (χ1v) is 47.7. The molecule has 3 aliphatic carbocycles. The lowest BCUT2D eigenvalue weighted by Crippen LogP contribution is -2.54. The van der Waals surface area contributed by atoms with E-state index in [1.54, 1.807) is 67.6 Å². The molecule has 14 rings (SSSR count). The van der Waals surface area contributed by atoms with Crippen LogP contribution in [-0.4, -0.2) is 160 Å². The minimum atomic E-state index is -2.06. The summed E-state index contributed by atoms with van der Waals surface area (Å²) in [4.78, 5) is 159. The van der Waals surface area contributed by atoms with E-state index < -0.39 is 73.0 Å². The quantitative estimate of drug-likeness (QED) is 0.00616. The fraction of sp³-hybridized carbons (Fsp3) is 0.521. The minimum absolute atomic E-state index is 0.00255. The number of anilines is 2. The summed E-state index contributed by atoms with van der Waals surface area (Å²) >= 11 is 0. The van der Waals surface area contributed by atoms with Crippen LogP contribution in [0.15, 0.2) is 102 Å². The fourth-order valence-electron chi connectivity index (χ4n) is 21.2. The van der Waals surface area contributed by atoms with E-state index in [9.17, 15) is 57.8 Å². The number of rotatable bonds is 40. The number of ether oxygens (including phenoxy) is 4. The number of nitrogens with zero attached hydrogens (tertiary/aromatic N) is 7. The average Bonchev–Trinajstić information content (AvgIpc) is 1.58. The van der Waals surface area contributed by atoms with Crippen LogP contribution in [0.5, 0.6) is 0 Å². The molecule has 676 valence electrons. The molecule has 1 saturated carbocycles. The Labute approximate surface area is 740 Å². The van der Waals surface area contributed by atoms with Crippen LogP contribution in [0.25, 0.3) is 44.8 Å². The number of Topliss-reactive ketones (excluding diaryl/α,β-unsaturated/α-hetero) is 1. The van der Waals surface area contributed by atoms with Gasteiger partial charge in [0.05, 0.1) is 99.3 Å². The summed E-state index contributed by atoms with van der Waals surface area (Å²) < 4.78 is 41.7. The Hall–Kier alpha value is -11.0. The van der Waals surface area contributed by atoms with E-state index in [0.29, 0.717) is 134 Å². The van der Waals surface area contributed by atoms with Crippen molar-refractivity contribution in [1.82, 2.24) is 50.7 Å². The van der Waals surface area contributed by atoms with Gasteiger partial charge in [-0.1, -0.05) is 163 Å². The van der Waals surface area contributed by atoms with Gasteiger partial charge in [-0.25, -0.2) is 23.6 Å². The van der Waals surface area contributed by atoms with Crippen LogP contribution >= 0.6 is 0 Å². The number of pyridine rings is 2. The van der Waals surface area contributed by atoms with Gasteiger partial charge in [0.25, 0.3) is 5.56 Å². The number of aryl methyl sites for hydroxylation is 1. The summed E-state index contributed by atoms with van der Waals surface area (Å²) in [6, 6.07) is 23.2. The van der Waals surface area contributed by atoms with Gasteiger partial charge in [0.2, 0.25) is 41.4 Å². The number of nitrogens with two attached hydrogens (primary N) is 1. The number of nitrogens with one attached hydrogen (secondary N) is 5. The molecule has 29 nitrogen and oxygen atoms in total. The molecular weight excluding hydrogens is 1640 g/mol. The number of allylic oxidation sites excluding steroid dienone is 2. The molecule has 4 aromatic carbocycles. The molecule has 0 radical (unpaired) electrons. The van der Waals surface area contributed by atoms with Crippen molar-refractivity contribution in [2.75, 3.05) is 56.3 Å². The first-order chi connectivity index (χ1) is 61.0. The van der Waals surface area contributed by atoms with Gasteiger partial charge in [0.15, 0.2) is 5.60 Å². The Kier molecular flexibility index (Phi) is 28.8. The lowest BCUT2D eigenvalue weighted by Gasteiger charge is -2.43. The van der Waals surface area contributed by atoms with Gasteiger partial charge in [-0.2, -0.15) is 0 Å². The summed E-state index contributed by atoms with van der Waals surface area (Å²) in [5, 5.41) is 35.9. The van der Waals surface area contributed by atoms with Gasteiger partial charge in [0.1, 0.15) is 42.6 Å². The molecule has 4 unspecified atom stereocenters. The van der Waals surface area contributed by atoms with Crippen molar-refractivity contribution in [3.63, 3.8) is 0 Å². The monoisotopic (exact) mass is 1760 g/mol. The highest BCUT2D eigenvalue weighted by molar-refractivity contribution is 6.83. The van der Waals surface area contributed by atoms with E-state index >= 15 is 4.39 Å². The third kappa shape index (κ3) is 18.9. The Balaban J connectivity index is 0.505. The van der Waals surface area contributed by atoms with Crippen LogP contribution in [-0.2, 0) is 107 Å². The summed E-state index contributed by atoms with van der Waals surface area (Å²) in [5.41, 5.74) is 14.3. The molecule has 3 aromatic heterocycles. The number of aliphatic hydroxyl groups is 1. The summed E-state index contributed by atoms with van der Waals surface area (Å²) in [6.07, 6.45) is 8.56. The molecule has 2 fully saturated rings. The van der Waals surface area contributed by atoms with Crippen LogP contribution < -0.4 is 42.8 Å². The highest BCUT2D eigenvalue weighted by Gasteiger charge is 2.63. The number of hydrogen-bond acceptors (Lipinski definition) is 20. The smallest absolute Gasteiger partial charge is 0.407 e. The van der Waals surface area contributed by atoms with Gasteiger partial charge < -0.3 is 65.8 Å². The molecule has 0 spiro atoms. The molecule has 31 heteroatoms. The van der Waals surface area contributed by atoms with Crippen molar-refractivity contribution in [2.24, 2.45) is 41.2 Å². The number of carbonyl (C=O) groups excluding carboxylic acids is 10. The van der Waals surface area contributed by atoms with E-state index in [2.05, 4.69) is 90.6 Å². The molecule has 1 saturated heterocycles. The third-order valence-electron chi connectivity index (χ3n) is 27.8. The van der Waals surface area contributed by atoms with Crippen LogP contribution in [0.2, 0.25) is 22.7 Å². The predicted molar refractivity (Wildman–Crippen MR) is 478 cm³/mol. The van der Waals surface area contributed by atoms with Crippen molar-refractivity contribution in [1.29, 1.82) is 0 Å². The molecule has 2 bridgehead atoms. The number of benzene rings is 4. The highest BCUT2D eigenvalue weighted by Crippen LogP contribution is 2.59. The number of cyclic esters (lactones) is 1. The Morgan fingerprint density at radius 1 is 0.732 bits per heavy atom. The Bertz CT molecular complexity index is 5420. The minimum Gasteiger partial charge on any atom is -0.458 e. The second-order valence-electron chi connectivity index (χ2n) is 36.4. The van der Waals surface area contributed by atoms with Gasteiger partial charge in [0, 0.05) is 91.2 Å². The van der Waals surface area contributed by atoms with Crippen LogP contribution in [0.1, 0.15) is 196 Å². The molecule has 4 aliphatic heterocycles. The number of ketones is 1. The zero-order chi connectivity index (χ0) is 90.4. The number of likely N-dealkylation sites (tertiary alicyclic amines) is 1. The zero-order valence-corrected chi connectivity index (χ0v) is 75.4. The Morgan fingerprint density at radius 2 is 1.43 bits per heavy atom. The standard InChI is InChI=1S/C96H120FN13O16Si/c1-11-96(122)71-48-77-86-69(51-109(77)91(117)70(71)53-125-94(96)120)82-73(34-33-63-58(10)72(97)49-75(101-86)81(63)82)103-95(121)126-52-59-27-29-61(30-28-59)100-89(115)74(25-16-17-39-98)102-90(116)85(54(2)3)104-79(113)38-45-124-46-42-110-88-64-22-13-12-20-60(64)50-108(76-26-15-14-23-68(76)87(88)105-106-110)80(114)35-40-99-78(112)37-44-123-43-18-21-62(111)36-41-107-92(118)83-66-31-32-67(84(83)93(107)119)65(66)24-19-47-127(55(4)5,56(6)7)57(8)9/h12-15,20,22-23,26-32,48-49,54-57,65-67,73-74,83-85,122H,11,16-19,21,24-25,33-47,50-53,98H2,1-10H3,(H,99,112)(H,100,115)(H,102,116)(H,103,121)(H,104,113)/t65?,66?,67?,73-,74-,83?,84?,85-,96-/m0/s1. The predicted octanol–water partition coefficient (Wildman–Crippen LogP) is 12.2. The first kappa shape index (κ1) is 92.2. The van der Waals surface area contributed by atoms with Gasteiger partial charge in [-0.05, 0) is 141 Å². The number of esters is 1. The van der Waals surface area contributed by atoms with E-state index in [4.69, 9.17) is 29.7 Å². The number of aromatic nitrogens is 5. The highest BCUT2D eigenvalue weighted by atomic mass is 28.3. The van der Waals surface area contributed by atoms with E-state index in [1.807, 2.05) is 48.5 Å². The third-order valence-corrected chi connectivity index (χ3v) is 35.5. The number of imide groups is 1. The number of fused-ring (bicyclic) bond motifs is 15. The SMILES string of the molecule is CC[C@@]1(O)C(=O)OCc2c1cc1n(c2=O)Cc2c-1nc1cc(F)c(C)c3c1c2[C@@H](NC(=O)OCc1ccc(NC(=O)[C@H](CCCCN)NC(=O)[C@@H](NC(=O)CCOCCn2nnc4c2-c2ccccc2CN(C(=O)CCNC(=O)CCOCCCC(=O)CCN2C(=O)C5C6C=CC(C6CCC[Si](C(C)C)(C(C)C)C(C)C)C5C2=O)c2ccccc2-4)C(C)C)cc1)CC3. The van der Waals surface area contributed by atoms with Gasteiger partial charge in [-0.15, -0.1) is 5.10 Å². The van der Waals surface area contributed by atoms with Crippen molar-refractivity contribution in [3.8, 4) is 33.9 Å². The maximum Gasteiger partial charge on any atom is 0.407 e. The number of carbonyl (C=O) groups is 10. The van der Waals surface area contributed by atoms with Crippen molar-refractivity contribution in [3.05, 3.63) is 158 Å². The van der Waals surface area contributed by atoms with Crippen LogP contribution in [0.3, 0.4) is 0 Å². The average molecular weight is 1760 g/mol. The molecule has 7 aromatic rings. The first-order valence-electron chi connectivity index (χ1n) is 45.3. The lowest BCUT2D eigenvalue weighted by atomic mass is 9.81. The molecule has 7 aliphatic rings. The fourth-order valence-corrected chi connectivity index (χ4v) is 27.7. The number of unbranched alkanes of at least 4 members (excludes halogenated alkanes) is 1. The number of para-hydroxylation sites is 1. The lowest BCUT2D eigenvalue weighted by molar-refractivity contribution is -0.172. The molecule has 8 N–H and O–H groups in total. The van der Waals surface area contributed by atoms with Crippen LogP contribution in [0, 0.1) is 48.2 Å². The van der Waals surface area contributed by atoms with Crippen molar-refractivity contribution in [2.45, 2.75) is 238 Å². The van der Waals surface area contributed by atoms with Crippen LogP contribution in [0.4, 0.5) is 20.6 Å². The van der Waals surface area contributed by atoms with Crippen molar-refractivity contribution >= 4 is 89.5 Å². The molecular formula is C96H120FN13O16Si. The largest absolute Gasteiger partial charge is 0.458 e. The topological polar surface area (TPSA) is 386 Å². The van der Waals surface area contributed by atoms with E-state index in [-0.39, 0.29) is 187 Å². The number of amides is 8. The van der Waals surface area contributed by atoms with Gasteiger partial charge >= 0.3 is 12.1 Å². The molecule has 127 heavy (non-hydrogen) atoms. The van der Waals surface area contributed by atoms with Crippen molar-refractivity contribution < 1.29 is 76.4 Å². The summed E-state index contributed by atoms with van der Waals surface area (Å²) in [5.74, 6) is -4.22. The number of hydrogen-bond donors (Lipinski definition) is 7. The number of halogens is 1. The normalized spacial score (nSPS) is 19.7. The summed E-state index contributed by atoms with van der Waals surface area (Å²) in [6.45, 7) is 22.3. The van der Waals surface area contributed by atoms with E-state index in [1.165, 1.54) is 21.6 Å². The summed E-state index contributed by atoms with van der Waals surface area (Å²) in [7, 11) is -1.56. The molecule has 8 atom stereocenters. The second-order valence-corrected chi connectivity index (χ2v) is 42.6. The van der Waals surface area contributed by atoms with Gasteiger partial charge in [-0.3, -0.25) is 48.1 Å². The molecule has 8 amide bonds. The molecule has 7 heterocycles. The maximum absolute atomic E-state index is 15.6. The zero-order valence-electron chi connectivity index (χ0n) is 74.4. The maximum atomic E-state index is 15.6.